The maximum atomic E-state index is 9.50. The van der Waals surface area contributed by atoms with E-state index >= 15 is 0 Å². The van der Waals surface area contributed by atoms with E-state index in [0.717, 1.165) is 19.6 Å². The Morgan fingerprint density at radius 2 is 2.19 bits per heavy atom. The van der Waals surface area contributed by atoms with Gasteiger partial charge in [-0.25, -0.2) is 4.98 Å². The number of pyridine rings is 1. The Labute approximate surface area is 102 Å². The standard InChI is InChI=1S/C11H17N3O.ClH/c15-10-2-1-5-13-11(10)14-8-9-3-6-12-7-4-9;/h1-2,5,9,12,15H,3-4,6-8H2,(H,13,14);1H. The predicted octanol–water partition coefficient (Wildman–Crippen LogP) is 1.62. The van der Waals surface area contributed by atoms with Crippen LogP contribution in [0.2, 0.25) is 0 Å². The summed E-state index contributed by atoms with van der Waals surface area (Å²) in [6.45, 7) is 3.09. The summed E-state index contributed by atoms with van der Waals surface area (Å²) in [7, 11) is 0. The third kappa shape index (κ3) is 3.54. The number of halogens is 1. The summed E-state index contributed by atoms with van der Waals surface area (Å²) in [5.41, 5.74) is 0. The second-order valence-corrected chi connectivity index (χ2v) is 3.95. The van der Waals surface area contributed by atoms with Crippen LogP contribution in [-0.2, 0) is 0 Å². The van der Waals surface area contributed by atoms with E-state index in [1.165, 1.54) is 12.8 Å². The van der Waals surface area contributed by atoms with E-state index < -0.39 is 0 Å². The Bertz CT molecular complexity index is 316. The van der Waals surface area contributed by atoms with Gasteiger partial charge in [-0.15, -0.1) is 12.4 Å². The lowest BCUT2D eigenvalue weighted by molar-refractivity contribution is 0.388. The number of nitrogens with one attached hydrogen (secondary N) is 2. The summed E-state index contributed by atoms with van der Waals surface area (Å²) in [5, 5.41) is 16.0. The topological polar surface area (TPSA) is 57.2 Å². The highest BCUT2D eigenvalue weighted by molar-refractivity contribution is 5.85. The predicted molar refractivity (Wildman–Crippen MR) is 67.2 cm³/mol. The second-order valence-electron chi connectivity index (χ2n) is 3.95. The summed E-state index contributed by atoms with van der Waals surface area (Å²) >= 11 is 0. The Kier molecular flexibility index (Phi) is 5.35. The zero-order chi connectivity index (χ0) is 10.5. The number of piperidine rings is 1. The minimum atomic E-state index is 0. The molecule has 0 amide bonds. The van der Waals surface area contributed by atoms with Crippen molar-refractivity contribution < 1.29 is 5.11 Å². The quantitative estimate of drug-likeness (QED) is 0.755. The highest BCUT2D eigenvalue weighted by atomic mass is 35.5. The van der Waals surface area contributed by atoms with Gasteiger partial charge in [0.1, 0.15) is 0 Å². The first-order valence-electron chi connectivity index (χ1n) is 5.45. The van der Waals surface area contributed by atoms with E-state index in [9.17, 15) is 5.11 Å². The fraction of sp³-hybridized carbons (Fsp3) is 0.545. The maximum absolute atomic E-state index is 9.50. The molecule has 5 heteroatoms. The van der Waals surface area contributed by atoms with Crippen LogP contribution in [0.15, 0.2) is 18.3 Å². The third-order valence-electron chi connectivity index (χ3n) is 2.80. The molecule has 0 spiro atoms. The molecule has 0 saturated carbocycles. The van der Waals surface area contributed by atoms with Gasteiger partial charge >= 0.3 is 0 Å². The summed E-state index contributed by atoms with van der Waals surface area (Å²) in [6.07, 6.45) is 4.08. The molecule has 0 atom stereocenters. The Balaban J connectivity index is 0.00000128. The molecule has 16 heavy (non-hydrogen) atoms. The molecule has 1 aromatic heterocycles. The van der Waals surface area contributed by atoms with Gasteiger partial charge in [0.15, 0.2) is 11.6 Å². The molecule has 1 fully saturated rings. The summed E-state index contributed by atoms with van der Waals surface area (Å²) in [6, 6.07) is 3.38. The van der Waals surface area contributed by atoms with Crippen LogP contribution < -0.4 is 10.6 Å². The van der Waals surface area contributed by atoms with Crippen molar-refractivity contribution in [3.63, 3.8) is 0 Å². The average molecular weight is 244 g/mol. The first-order chi connectivity index (χ1) is 7.36. The average Bonchev–Trinajstić information content (AvgIpc) is 2.29. The van der Waals surface area contributed by atoms with Crippen LogP contribution in [0, 0.1) is 5.92 Å². The molecule has 0 aromatic carbocycles. The van der Waals surface area contributed by atoms with Crippen LogP contribution in [0.4, 0.5) is 5.82 Å². The fourth-order valence-corrected chi connectivity index (χ4v) is 1.86. The number of aromatic hydroxyl groups is 1. The Hall–Kier alpha value is -1.00. The van der Waals surface area contributed by atoms with Crippen molar-refractivity contribution in [1.82, 2.24) is 10.3 Å². The van der Waals surface area contributed by atoms with Gasteiger partial charge in [-0.3, -0.25) is 0 Å². The first-order valence-corrected chi connectivity index (χ1v) is 5.45. The van der Waals surface area contributed by atoms with Crippen molar-refractivity contribution in [1.29, 1.82) is 0 Å². The van der Waals surface area contributed by atoms with Gasteiger partial charge in [-0.05, 0) is 44.0 Å². The SMILES string of the molecule is Cl.Oc1cccnc1NCC1CCNCC1. The number of nitrogens with zero attached hydrogens (tertiary/aromatic N) is 1. The molecule has 2 heterocycles. The van der Waals surface area contributed by atoms with Crippen LogP contribution in [0.3, 0.4) is 0 Å². The summed E-state index contributed by atoms with van der Waals surface area (Å²) < 4.78 is 0. The Morgan fingerprint density at radius 1 is 1.44 bits per heavy atom. The third-order valence-corrected chi connectivity index (χ3v) is 2.80. The molecule has 3 N–H and O–H groups in total. The van der Waals surface area contributed by atoms with E-state index in [-0.39, 0.29) is 18.2 Å². The minimum Gasteiger partial charge on any atom is -0.504 e. The monoisotopic (exact) mass is 243 g/mol. The van der Waals surface area contributed by atoms with E-state index in [0.29, 0.717) is 11.7 Å². The molecule has 2 rings (SSSR count). The molecule has 0 aliphatic carbocycles. The minimum absolute atomic E-state index is 0. The molecule has 1 aliphatic heterocycles. The van der Waals surface area contributed by atoms with Crippen molar-refractivity contribution in [2.45, 2.75) is 12.8 Å². The van der Waals surface area contributed by atoms with E-state index in [2.05, 4.69) is 15.6 Å². The lowest BCUT2D eigenvalue weighted by Gasteiger charge is -2.23. The lowest BCUT2D eigenvalue weighted by Crippen LogP contribution is -2.31. The maximum Gasteiger partial charge on any atom is 0.168 e. The molecule has 0 unspecified atom stereocenters. The van der Waals surface area contributed by atoms with Crippen LogP contribution >= 0.6 is 12.4 Å². The van der Waals surface area contributed by atoms with E-state index in [1.807, 2.05) is 0 Å². The van der Waals surface area contributed by atoms with Gasteiger partial charge in [-0.1, -0.05) is 0 Å². The summed E-state index contributed by atoms with van der Waals surface area (Å²) in [5.74, 6) is 1.51. The van der Waals surface area contributed by atoms with Gasteiger partial charge in [0.05, 0.1) is 0 Å². The highest BCUT2D eigenvalue weighted by Gasteiger charge is 2.13. The van der Waals surface area contributed by atoms with E-state index in [4.69, 9.17) is 0 Å². The first kappa shape index (κ1) is 13.1. The molecular formula is C11H18ClN3O. The zero-order valence-corrected chi connectivity index (χ0v) is 9.96. The smallest absolute Gasteiger partial charge is 0.168 e. The molecule has 1 aliphatic rings. The van der Waals surface area contributed by atoms with Crippen LogP contribution in [0.25, 0.3) is 0 Å². The van der Waals surface area contributed by atoms with Gasteiger partial charge in [0.25, 0.3) is 0 Å². The van der Waals surface area contributed by atoms with Crippen molar-refractivity contribution in [3.05, 3.63) is 18.3 Å². The molecule has 1 aromatic rings. The molecule has 0 radical (unpaired) electrons. The number of hydrogen-bond donors (Lipinski definition) is 3. The van der Waals surface area contributed by atoms with Crippen LogP contribution in [0.1, 0.15) is 12.8 Å². The van der Waals surface area contributed by atoms with Gasteiger partial charge in [-0.2, -0.15) is 0 Å². The van der Waals surface area contributed by atoms with Crippen molar-refractivity contribution in [2.75, 3.05) is 25.0 Å². The molecule has 1 saturated heterocycles. The fourth-order valence-electron chi connectivity index (χ4n) is 1.86. The van der Waals surface area contributed by atoms with Gasteiger partial charge in [0, 0.05) is 12.7 Å². The molecule has 90 valence electrons. The summed E-state index contributed by atoms with van der Waals surface area (Å²) in [4.78, 5) is 4.09. The molecular weight excluding hydrogens is 226 g/mol. The van der Waals surface area contributed by atoms with Crippen LogP contribution in [-0.4, -0.2) is 29.7 Å². The molecule has 0 bridgehead atoms. The van der Waals surface area contributed by atoms with Crippen molar-refractivity contribution >= 4 is 18.2 Å². The number of hydrogen-bond acceptors (Lipinski definition) is 4. The number of rotatable bonds is 3. The van der Waals surface area contributed by atoms with Crippen LogP contribution in [0.5, 0.6) is 5.75 Å². The largest absolute Gasteiger partial charge is 0.504 e. The Morgan fingerprint density at radius 3 is 2.88 bits per heavy atom. The number of anilines is 1. The van der Waals surface area contributed by atoms with Crippen molar-refractivity contribution in [2.24, 2.45) is 5.92 Å². The van der Waals surface area contributed by atoms with E-state index in [1.54, 1.807) is 18.3 Å². The lowest BCUT2D eigenvalue weighted by atomic mass is 9.98. The number of aromatic nitrogens is 1. The van der Waals surface area contributed by atoms with Crippen molar-refractivity contribution in [3.8, 4) is 5.75 Å². The van der Waals surface area contributed by atoms with Gasteiger partial charge < -0.3 is 15.7 Å². The highest BCUT2D eigenvalue weighted by Crippen LogP contribution is 2.20. The van der Waals surface area contributed by atoms with Gasteiger partial charge in [0.2, 0.25) is 0 Å². The molecule has 4 nitrogen and oxygen atoms in total. The second kappa shape index (κ2) is 6.55. The normalized spacial score (nSPS) is 16.5. The zero-order valence-electron chi connectivity index (χ0n) is 9.15.